The Kier molecular flexibility index (Phi) is 2.51. The van der Waals surface area contributed by atoms with Crippen LogP contribution in [0, 0.1) is 10.1 Å². The van der Waals surface area contributed by atoms with E-state index in [0.717, 1.165) is 0 Å². The minimum atomic E-state index is -0.521. The molecular weight excluding hydrogens is 224 g/mol. The molecule has 17 heavy (non-hydrogen) atoms. The predicted molar refractivity (Wildman–Crippen MR) is 60.8 cm³/mol. The molecule has 0 atom stereocenters. The standard InChI is InChI=1S/C10H10N4O3/c1-13(2)10(15)9-11-6-4-3-5-7(14(16)17)8(6)12-9/h3-5H,1-2H3,(H,11,12). The molecule has 0 aliphatic heterocycles. The van der Waals surface area contributed by atoms with Crippen LogP contribution in [-0.2, 0) is 0 Å². The molecule has 0 fully saturated rings. The number of nitrogens with one attached hydrogen (secondary N) is 1. The topological polar surface area (TPSA) is 92.1 Å². The van der Waals surface area contributed by atoms with Gasteiger partial charge in [-0.2, -0.15) is 0 Å². The van der Waals surface area contributed by atoms with Crippen molar-refractivity contribution < 1.29 is 9.72 Å². The number of nitrogens with zero attached hydrogens (tertiary/aromatic N) is 3. The van der Waals surface area contributed by atoms with E-state index >= 15 is 0 Å². The van der Waals surface area contributed by atoms with E-state index in [4.69, 9.17) is 0 Å². The first-order chi connectivity index (χ1) is 8.00. The van der Waals surface area contributed by atoms with Gasteiger partial charge in [0.05, 0.1) is 10.4 Å². The number of hydrogen-bond donors (Lipinski definition) is 1. The Morgan fingerprint density at radius 2 is 2.18 bits per heavy atom. The van der Waals surface area contributed by atoms with Crippen molar-refractivity contribution in [2.24, 2.45) is 0 Å². The summed E-state index contributed by atoms with van der Waals surface area (Å²) in [7, 11) is 3.17. The number of imidazole rings is 1. The summed E-state index contributed by atoms with van der Waals surface area (Å²) < 4.78 is 0. The van der Waals surface area contributed by atoms with Gasteiger partial charge in [0.15, 0.2) is 11.3 Å². The second-order valence-electron chi connectivity index (χ2n) is 3.72. The van der Waals surface area contributed by atoms with E-state index in [-0.39, 0.29) is 22.9 Å². The normalized spacial score (nSPS) is 10.5. The predicted octanol–water partition coefficient (Wildman–Crippen LogP) is 1.17. The molecule has 2 rings (SSSR count). The summed E-state index contributed by atoms with van der Waals surface area (Å²) in [4.78, 5) is 30.0. The second-order valence-corrected chi connectivity index (χ2v) is 3.72. The number of rotatable bonds is 2. The maximum absolute atomic E-state index is 11.7. The molecule has 88 valence electrons. The van der Waals surface area contributed by atoms with E-state index in [0.29, 0.717) is 5.52 Å². The molecule has 0 saturated heterocycles. The Hall–Kier alpha value is -2.44. The maximum atomic E-state index is 11.7. The molecule has 1 heterocycles. The SMILES string of the molecule is CN(C)C(=O)c1nc2c([N+](=O)[O-])cccc2[nH]1. The molecule has 7 nitrogen and oxygen atoms in total. The number of carbonyl (C=O) groups excluding carboxylic acids is 1. The molecule has 1 aromatic heterocycles. The third kappa shape index (κ3) is 1.82. The summed E-state index contributed by atoms with van der Waals surface area (Å²) >= 11 is 0. The summed E-state index contributed by atoms with van der Waals surface area (Å²) in [5.74, 6) is -0.227. The Morgan fingerprint density at radius 3 is 2.76 bits per heavy atom. The summed E-state index contributed by atoms with van der Waals surface area (Å²) in [5.41, 5.74) is 0.559. The molecule has 1 amide bonds. The number of nitro groups is 1. The Labute approximate surface area is 96.2 Å². The average Bonchev–Trinajstić information content (AvgIpc) is 2.70. The van der Waals surface area contributed by atoms with Gasteiger partial charge in [-0.3, -0.25) is 14.9 Å². The molecule has 0 saturated carbocycles. The van der Waals surface area contributed by atoms with Gasteiger partial charge in [0.2, 0.25) is 0 Å². The zero-order valence-corrected chi connectivity index (χ0v) is 9.30. The number of carbonyl (C=O) groups is 1. The number of aromatic amines is 1. The Morgan fingerprint density at radius 1 is 1.47 bits per heavy atom. The first kappa shape index (κ1) is 11.1. The smallest absolute Gasteiger partial charge is 0.297 e. The fraction of sp³-hybridized carbons (Fsp3) is 0.200. The zero-order chi connectivity index (χ0) is 12.6. The highest BCUT2D eigenvalue weighted by molar-refractivity contribution is 5.95. The molecule has 2 aromatic rings. The zero-order valence-electron chi connectivity index (χ0n) is 9.30. The lowest BCUT2D eigenvalue weighted by atomic mass is 10.3. The number of H-pyrrole nitrogens is 1. The van der Waals surface area contributed by atoms with E-state index in [1.54, 1.807) is 26.2 Å². The first-order valence-corrected chi connectivity index (χ1v) is 4.85. The molecule has 1 N–H and O–H groups in total. The number of amides is 1. The number of non-ortho nitro benzene ring substituents is 1. The van der Waals surface area contributed by atoms with Gasteiger partial charge < -0.3 is 9.88 Å². The van der Waals surface area contributed by atoms with Crippen molar-refractivity contribution in [3.8, 4) is 0 Å². The van der Waals surface area contributed by atoms with Gasteiger partial charge in [0, 0.05) is 20.2 Å². The van der Waals surface area contributed by atoms with Crippen LogP contribution in [0.15, 0.2) is 18.2 Å². The fourth-order valence-corrected chi connectivity index (χ4v) is 1.48. The van der Waals surface area contributed by atoms with Gasteiger partial charge in [0.25, 0.3) is 11.6 Å². The number of aromatic nitrogens is 2. The maximum Gasteiger partial charge on any atom is 0.297 e. The Balaban J connectivity index is 2.62. The second kappa shape index (κ2) is 3.85. The molecule has 0 aliphatic rings. The summed E-state index contributed by atoms with van der Waals surface area (Å²) in [6, 6.07) is 4.54. The Bertz CT molecular complexity index is 603. The van der Waals surface area contributed by atoms with Crippen LogP contribution in [0.1, 0.15) is 10.6 Å². The highest BCUT2D eigenvalue weighted by Crippen LogP contribution is 2.23. The minimum Gasteiger partial charge on any atom is -0.342 e. The third-order valence-corrected chi connectivity index (χ3v) is 2.30. The van der Waals surface area contributed by atoms with Crippen molar-refractivity contribution in [3.05, 3.63) is 34.1 Å². The van der Waals surface area contributed by atoms with E-state index < -0.39 is 4.92 Å². The summed E-state index contributed by atoms with van der Waals surface area (Å²) in [6.07, 6.45) is 0. The third-order valence-electron chi connectivity index (χ3n) is 2.30. The van der Waals surface area contributed by atoms with Crippen molar-refractivity contribution in [1.82, 2.24) is 14.9 Å². The van der Waals surface area contributed by atoms with Crippen molar-refractivity contribution in [3.63, 3.8) is 0 Å². The monoisotopic (exact) mass is 234 g/mol. The lowest BCUT2D eigenvalue weighted by molar-refractivity contribution is -0.383. The highest BCUT2D eigenvalue weighted by atomic mass is 16.6. The first-order valence-electron chi connectivity index (χ1n) is 4.85. The van der Waals surface area contributed by atoms with Crippen LogP contribution in [-0.4, -0.2) is 39.8 Å². The summed E-state index contributed by atoms with van der Waals surface area (Å²) in [5, 5.41) is 10.8. The number of para-hydroxylation sites is 1. The van der Waals surface area contributed by atoms with Gasteiger partial charge in [-0.25, -0.2) is 4.98 Å². The van der Waals surface area contributed by atoms with Crippen LogP contribution in [0.3, 0.4) is 0 Å². The van der Waals surface area contributed by atoms with Crippen LogP contribution in [0.4, 0.5) is 5.69 Å². The highest BCUT2D eigenvalue weighted by Gasteiger charge is 2.19. The van der Waals surface area contributed by atoms with Crippen molar-refractivity contribution in [2.45, 2.75) is 0 Å². The van der Waals surface area contributed by atoms with E-state index in [1.165, 1.54) is 11.0 Å². The lowest BCUT2D eigenvalue weighted by Crippen LogP contribution is -2.22. The van der Waals surface area contributed by atoms with Crippen LogP contribution in [0.5, 0.6) is 0 Å². The van der Waals surface area contributed by atoms with Crippen molar-refractivity contribution >= 4 is 22.6 Å². The van der Waals surface area contributed by atoms with Crippen molar-refractivity contribution in [2.75, 3.05) is 14.1 Å². The van der Waals surface area contributed by atoms with Gasteiger partial charge in [0.1, 0.15) is 0 Å². The van der Waals surface area contributed by atoms with Crippen LogP contribution < -0.4 is 0 Å². The summed E-state index contributed by atoms with van der Waals surface area (Å²) in [6.45, 7) is 0. The molecule has 1 aromatic carbocycles. The van der Waals surface area contributed by atoms with Gasteiger partial charge in [-0.1, -0.05) is 6.07 Å². The molecular formula is C10H10N4O3. The lowest BCUT2D eigenvalue weighted by Gasteiger charge is -2.06. The van der Waals surface area contributed by atoms with Crippen molar-refractivity contribution in [1.29, 1.82) is 0 Å². The van der Waals surface area contributed by atoms with Crippen LogP contribution >= 0.6 is 0 Å². The average molecular weight is 234 g/mol. The molecule has 7 heteroatoms. The molecule has 0 unspecified atom stereocenters. The molecule has 0 aliphatic carbocycles. The van der Waals surface area contributed by atoms with Gasteiger partial charge in [-0.15, -0.1) is 0 Å². The molecule has 0 bridgehead atoms. The number of benzene rings is 1. The van der Waals surface area contributed by atoms with Gasteiger partial charge in [-0.05, 0) is 6.07 Å². The van der Waals surface area contributed by atoms with E-state index in [9.17, 15) is 14.9 Å². The van der Waals surface area contributed by atoms with Gasteiger partial charge >= 0.3 is 0 Å². The largest absolute Gasteiger partial charge is 0.342 e. The van der Waals surface area contributed by atoms with Crippen LogP contribution in [0.2, 0.25) is 0 Å². The van der Waals surface area contributed by atoms with E-state index in [2.05, 4.69) is 9.97 Å². The minimum absolute atomic E-state index is 0.0966. The number of fused-ring (bicyclic) bond motifs is 1. The number of hydrogen-bond acceptors (Lipinski definition) is 4. The molecule has 0 radical (unpaired) electrons. The quantitative estimate of drug-likeness (QED) is 0.623. The van der Waals surface area contributed by atoms with Crippen LogP contribution in [0.25, 0.3) is 11.0 Å². The van der Waals surface area contributed by atoms with E-state index in [1.807, 2.05) is 0 Å². The fourth-order valence-electron chi connectivity index (χ4n) is 1.48. The molecule has 0 spiro atoms. The number of nitro benzene ring substituents is 1.